The number of benzene rings is 1. The molecule has 0 aliphatic rings. The van der Waals surface area contributed by atoms with Crippen LogP contribution >= 0.6 is 0 Å². The fraction of sp³-hybridized carbons (Fsp3) is 0.286. The van der Waals surface area contributed by atoms with Crippen molar-refractivity contribution in [3.63, 3.8) is 0 Å². The molecule has 21 heavy (non-hydrogen) atoms. The van der Waals surface area contributed by atoms with Crippen molar-refractivity contribution in [3.8, 4) is 17.0 Å². The average molecular weight is 297 g/mol. The van der Waals surface area contributed by atoms with Gasteiger partial charge in [0.2, 0.25) is 0 Å². The molecule has 1 heterocycles. The molecule has 0 fully saturated rings. The summed E-state index contributed by atoms with van der Waals surface area (Å²) in [5, 5.41) is 0. The summed E-state index contributed by atoms with van der Waals surface area (Å²) in [5.41, 5.74) is 7.44. The maximum atomic E-state index is 12.3. The molecular formula is C14H14F3N3O. The van der Waals surface area contributed by atoms with E-state index in [2.05, 4.69) is 14.7 Å². The molecule has 2 N–H and O–H groups in total. The summed E-state index contributed by atoms with van der Waals surface area (Å²) in [6.45, 7) is 3.60. The number of aromatic nitrogens is 2. The van der Waals surface area contributed by atoms with Gasteiger partial charge in [-0.25, -0.2) is 9.97 Å². The van der Waals surface area contributed by atoms with E-state index in [0.717, 1.165) is 0 Å². The smallest absolute Gasteiger partial charge is 0.406 e. The molecule has 112 valence electrons. The van der Waals surface area contributed by atoms with Crippen LogP contribution in [0.5, 0.6) is 5.75 Å². The van der Waals surface area contributed by atoms with Gasteiger partial charge in [0.25, 0.3) is 0 Å². The molecule has 2 rings (SSSR count). The molecule has 4 nitrogen and oxygen atoms in total. The van der Waals surface area contributed by atoms with Gasteiger partial charge in [0.15, 0.2) is 0 Å². The first kappa shape index (κ1) is 15.1. The number of nitrogens with zero attached hydrogens (tertiary/aromatic N) is 2. The van der Waals surface area contributed by atoms with Crippen molar-refractivity contribution in [1.82, 2.24) is 9.97 Å². The van der Waals surface area contributed by atoms with Crippen LogP contribution < -0.4 is 10.5 Å². The Hall–Kier alpha value is -2.31. The van der Waals surface area contributed by atoms with E-state index in [-0.39, 0.29) is 5.75 Å². The average Bonchev–Trinajstić information content (AvgIpc) is 2.40. The van der Waals surface area contributed by atoms with E-state index < -0.39 is 6.36 Å². The molecular weight excluding hydrogens is 283 g/mol. The van der Waals surface area contributed by atoms with Gasteiger partial charge < -0.3 is 10.5 Å². The van der Waals surface area contributed by atoms with Crippen molar-refractivity contribution in [2.45, 2.75) is 26.6 Å². The van der Waals surface area contributed by atoms with Gasteiger partial charge in [0.05, 0.1) is 5.69 Å². The molecule has 0 saturated heterocycles. The number of rotatable bonds is 3. The first-order valence-electron chi connectivity index (χ1n) is 6.29. The Labute approximate surface area is 119 Å². The number of nitrogen functional groups attached to an aromatic ring is 1. The van der Waals surface area contributed by atoms with E-state index in [9.17, 15) is 13.2 Å². The quantitative estimate of drug-likeness (QED) is 0.942. The number of alkyl halides is 3. The molecule has 0 atom stereocenters. The van der Waals surface area contributed by atoms with Crippen LogP contribution in [0.15, 0.2) is 24.3 Å². The van der Waals surface area contributed by atoms with Crippen LogP contribution in [0.2, 0.25) is 0 Å². The fourth-order valence-corrected chi connectivity index (χ4v) is 1.86. The van der Waals surface area contributed by atoms with Gasteiger partial charge in [-0.05, 0) is 19.1 Å². The van der Waals surface area contributed by atoms with E-state index in [1.807, 2.05) is 6.92 Å². The second kappa shape index (κ2) is 5.59. The zero-order valence-electron chi connectivity index (χ0n) is 11.5. The van der Waals surface area contributed by atoms with Crippen molar-refractivity contribution in [2.75, 3.05) is 5.73 Å². The highest BCUT2D eigenvalue weighted by Gasteiger charge is 2.31. The first-order valence-corrected chi connectivity index (χ1v) is 6.29. The summed E-state index contributed by atoms with van der Waals surface area (Å²) in [6.07, 6.45) is -4.15. The molecule has 7 heteroatoms. The molecule has 0 unspecified atom stereocenters. The highest BCUT2D eigenvalue weighted by molar-refractivity contribution is 5.68. The molecule has 0 bridgehead atoms. The zero-order chi connectivity index (χ0) is 15.6. The van der Waals surface area contributed by atoms with Crippen LogP contribution in [0.3, 0.4) is 0 Å². The molecule has 2 aromatic rings. The molecule has 1 aromatic carbocycles. The Bertz CT molecular complexity index is 656. The van der Waals surface area contributed by atoms with Crippen LogP contribution in [-0.4, -0.2) is 16.3 Å². The Kier molecular flexibility index (Phi) is 4.02. The van der Waals surface area contributed by atoms with Gasteiger partial charge in [-0.1, -0.05) is 19.1 Å². The van der Waals surface area contributed by atoms with Gasteiger partial charge in [0.1, 0.15) is 17.4 Å². The summed E-state index contributed by atoms with van der Waals surface area (Å²) >= 11 is 0. The monoisotopic (exact) mass is 297 g/mol. The molecule has 0 aliphatic heterocycles. The zero-order valence-corrected chi connectivity index (χ0v) is 11.5. The number of ether oxygens (including phenoxy) is 1. The topological polar surface area (TPSA) is 61.0 Å². The van der Waals surface area contributed by atoms with Crippen molar-refractivity contribution < 1.29 is 17.9 Å². The first-order chi connectivity index (χ1) is 9.80. The number of anilines is 1. The maximum Gasteiger partial charge on any atom is 0.573 e. The predicted molar refractivity (Wildman–Crippen MR) is 72.7 cm³/mol. The lowest BCUT2D eigenvalue weighted by Gasteiger charge is -2.12. The Balaban J connectivity index is 2.47. The molecule has 0 radical (unpaired) electrons. The maximum absolute atomic E-state index is 12.3. The molecule has 0 aliphatic carbocycles. The minimum absolute atomic E-state index is 0.297. The third-order valence-corrected chi connectivity index (χ3v) is 2.89. The minimum atomic E-state index is -4.73. The number of aryl methyl sites for hydroxylation is 1. The summed E-state index contributed by atoms with van der Waals surface area (Å²) in [4.78, 5) is 8.45. The van der Waals surface area contributed by atoms with Gasteiger partial charge in [0, 0.05) is 17.5 Å². The van der Waals surface area contributed by atoms with Crippen molar-refractivity contribution in [2.24, 2.45) is 0 Å². The van der Waals surface area contributed by atoms with Gasteiger partial charge in [-0.15, -0.1) is 13.2 Å². The third-order valence-electron chi connectivity index (χ3n) is 2.89. The van der Waals surface area contributed by atoms with Crippen LogP contribution in [0, 0.1) is 6.92 Å². The minimum Gasteiger partial charge on any atom is -0.406 e. The molecule has 1 aromatic heterocycles. The van der Waals surface area contributed by atoms with E-state index >= 15 is 0 Å². The predicted octanol–water partition coefficient (Wildman–Crippen LogP) is 3.50. The lowest BCUT2D eigenvalue weighted by atomic mass is 10.1. The highest BCUT2D eigenvalue weighted by atomic mass is 19.4. The van der Waals surface area contributed by atoms with Crippen LogP contribution in [0.4, 0.5) is 19.0 Å². The largest absolute Gasteiger partial charge is 0.573 e. The van der Waals surface area contributed by atoms with Crippen LogP contribution in [0.25, 0.3) is 11.3 Å². The summed E-state index contributed by atoms with van der Waals surface area (Å²) in [6, 6.07) is 5.64. The van der Waals surface area contributed by atoms with Gasteiger partial charge >= 0.3 is 6.36 Å². The second-order valence-electron chi connectivity index (χ2n) is 4.43. The highest BCUT2D eigenvalue weighted by Crippen LogP contribution is 2.29. The van der Waals surface area contributed by atoms with Gasteiger partial charge in [-0.3, -0.25) is 0 Å². The molecule has 0 amide bonds. The third kappa shape index (κ3) is 3.62. The summed E-state index contributed by atoms with van der Waals surface area (Å²) in [5.74, 6) is 0.559. The Morgan fingerprint density at radius 3 is 2.57 bits per heavy atom. The van der Waals surface area contributed by atoms with Gasteiger partial charge in [-0.2, -0.15) is 0 Å². The SMILES string of the molecule is CCc1nc(N)c(C)c(-c2cccc(OC(F)(F)F)c2)n1. The normalized spacial score (nSPS) is 11.5. The second-order valence-corrected chi connectivity index (χ2v) is 4.43. The number of hydrogen-bond donors (Lipinski definition) is 1. The standard InChI is InChI=1S/C14H14F3N3O/c1-3-11-19-12(8(2)13(18)20-11)9-5-4-6-10(7-9)21-14(15,16)17/h4-7H,3H2,1-2H3,(H2,18,19,20). The lowest BCUT2D eigenvalue weighted by molar-refractivity contribution is -0.274. The summed E-state index contributed by atoms with van der Waals surface area (Å²) in [7, 11) is 0. The van der Waals surface area contributed by atoms with Crippen molar-refractivity contribution in [3.05, 3.63) is 35.7 Å². The number of halogens is 3. The lowest BCUT2D eigenvalue weighted by Crippen LogP contribution is -2.17. The van der Waals surface area contributed by atoms with E-state index in [4.69, 9.17) is 5.73 Å². The van der Waals surface area contributed by atoms with E-state index in [1.54, 1.807) is 13.0 Å². The van der Waals surface area contributed by atoms with E-state index in [0.29, 0.717) is 34.9 Å². The van der Waals surface area contributed by atoms with E-state index in [1.165, 1.54) is 18.2 Å². The Morgan fingerprint density at radius 1 is 1.24 bits per heavy atom. The number of nitrogens with two attached hydrogens (primary N) is 1. The van der Waals surface area contributed by atoms with Crippen molar-refractivity contribution >= 4 is 5.82 Å². The molecule has 0 saturated carbocycles. The van der Waals surface area contributed by atoms with Crippen molar-refractivity contribution in [1.29, 1.82) is 0 Å². The fourth-order valence-electron chi connectivity index (χ4n) is 1.86. The summed E-state index contributed by atoms with van der Waals surface area (Å²) < 4.78 is 40.7. The number of hydrogen-bond acceptors (Lipinski definition) is 4. The molecule has 0 spiro atoms. The van der Waals surface area contributed by atoms with Crippen LogP contribution in [-0.2, 0) is 6.42 Å². The Morgan fingerprint density at radius 2 is 1.95 bits per heavy atom. The van der Waals surface area contributed by atoms with Crippen LogP contribution in [0.1, 0.15) is 18.3 Å².